The Hall–Kier alpha value is -2.41. The fourth-order valence-electron chi connectivity index (χ4n) is 1.78. The van der Waals surface area contributed by atoms with Crippen LogP contribution in [0.3, 0.4) is 0 Å². The molecule has 1 N–H and O–H groups in total. The number of nitrogens with one attached hydrogen (secondary N) is 1. The zero-order valence-corrected chi connectivity index (χ0v) is 11.4. The second kappa shape index (κ2) is 5.30. The molecule has 0 aliphatic rings. The molecule has 0 aliphatic carbocycles. The molecule has 0 saturated carbocycles. The molecule has 0 unspecified atom stereocenters. The molecule has 0 fully saturated rings. The second-order valence-electron chi connectivity index (χ2n) is 4.00. The Balaban J connectivity index is 2.59. The first-order valence-corrected chi connectivity index (χ1v) is 7.21. The van der Waals surface area contributed by atoms with Crippen LogP contribution in [0.4, 0.5) is 11.4 Å². The molecule has 0 heterocycles. The van der Waals surface area contributed by atoms with Crippen molar-refractivity contribution in [2.75, 3.05) is 12.4 Å². The van der Waals surface area contributed by atoms with E-state index >= 15 is 0 Å². The van der Waals surface area contributed by atoms with Crippen LogP contribution in [0.2, 0.25) is 0 Å². The number of rotatable bonds is 4. The maximum Gasteiger partial charge on any atom is 0.293 e. The smallest absolute Gasteiger partial charge is 0.293 e. The highest BCUT2D eigenvalue weighted by Gasteiger charge is 2.22. The van der Waals surface area contributed by atoms with Crippen molar-refractivity contribution in [3.8, 4) is 0 Å². The highest BCUT2D eigenvalue weighted by atomic mass is 32.2. The molecule has 0 spiro atoms. The van der Waals surface area contributed by atoms with Gasteiger partial charge in [0, 0.05) is 13.1 Å². The number of anilines is 1. The van der Waals surface area contributed by atoms with Gasteiger partial charge in [0.05, 0.1) is 14.7 Å². The van der Waals surface area contributed by atoms with E-state index in [-0.39, 0.29) is 21.2 Å². The van der Waals surface area contributed by atoms with Crippen LogP contribution in [0.15, 0.2) is 58.3 Å². The summed E-state index contributed by atoms with van der Waals surface area (Å²) in [5.41, 5.74) is -0.00785. The minimum absolute atomic E-state index is 0.102. The third-order valence-electron chi connectivity index (χ3n) is 2.80. The van der Waals surface area contributed by atoms with Gasteiger partial charge in [-0.15, -0.1) is 0 Å². The summed E-state index contributed by atoms with van der Waals surface area (Å²) in [6.07, 6.45) is 0. The van der Waals surface area contributed by atoms with Crippen molar-refractivity contribution in [3.05, 3.63) is 58.6 Å². The molecular formula is C13H12N2O4S. The fraction of sp³-hybridized carbons (Fsp3) is 0.0769. The maximum atomic E-state index is 12.4. The van der Waals surface area contributed by atoms with Crippen LogP contribution >= 0.6 is 0 Å². The van der Waals surface area contributed by atoms with Gasteiger partial charge in [-0.1, -0.05) is 18.2 Å². The number of nitrogens with zero attached hydrogens (tertiary/aromatic N) is 1. The number of nitro groups is 1. The van der Waals surface area contributed by atoms with E-state index in [1.54, 1.807) is 18.2 Å². The SMILES string of the molecule is CNc1ccc(S(=O)(=O)c2ccccc2)cc1[N+](=O)[O-]. The van der Waals surface area contributed by atoms with Crippen LogP contribution in [0.1, 0.15) is 0 Å². The summed E-state index contributed by atoms with van der Waals surface area (Å²) in [4.78, 5) is 10.4. The van der Waals surface area contributed by atoms with Crippen LogP contribution in [-0.4, -0.2) is 20.4 Å². The summed E-state index contributed by atoms with van der Waals surface area (Å²) in [6.45, 7) is 0. The average molecular weight is 292 g/mol. The number of hydrogen-bond donors (Lipinski definition) is 1. The topological polar surface area (TPSA) is 89.3 Å². The molecule has 0 amide bonds. The Morgan fingerprint density at radius 3 is 2.25 bits per heavy atom. The normalized spacial score (nSPS) is 11.1. The van der Waals surface area contributed by atoms with Crippen LogP contribution in [0, 0.1) is 10.1 Å². The van der Waals surface area contributed by atoms with Gasteiger partial charge in [0.1, 0.15) is 5.69 Å². The van der Waals surface area contributed by atoms with Gasteiger partial charge < -0.3 is 5.32 Å². The molecule has 7 heteroatoms. The molecule has 0 radical (unpaired) electrons. The molecule has 6 nitrogen and oxygen atoms in total. The lowest BCUT2D eigenvalue weighted by molar-refractivity contribution is -0.384. The van der Waals surface area contributed by atoms with Crippen molar-refractivity contribution in [2.24, 2.45) is 0 Å². The Kier molecular flexibility index (Phi) is 3.71. The number of benzene rings is 2. The number of sulfone groups is 1. The first-order chi connectivity index (χ1) is 9.46. The van der Waals surface area contributed by atoms with E-state index in [9.17, 15) is 18.5 Å². The summed E-state index contributed by atoms with van der Waals surface area (Å²) < 4.78 is 24.7. The van der Waals surface area contributed by atoms with E-state index < -0.39 is 14.8 Å². The van der Waals surface area contributed by atoms with E-state index in [2.05, 4.69) is 5.32 Å². The Morgan fingerprint density at radius 2 is 1.70 bits per heavy atom. The standard InChI is InChI=1S/C13H12N2O4S/c1-14-12-8-7-11(9-13(12)15(16)17)20(18,19)10-5-3-2-4-6-10/h2-9,14H,1H3. The van der Waals surface area contributed by atoms with Crippen molar-refractivity contribution in [1.82, 2.24) is 0 Å². The highest BCUT2D eigenvalue weighted by molar-refractivity contribution is 7.91. The number of nitro benzene ring substituents is 1. The molecule has 0 aromatic heterocycles. The molecular weight excluding hydrogens is 280 g/mol. The van der Waals surface area contributed by atoms with Gasteiger partial charge in [0.25, 0.3) is 5.69 Å². The zero-order valence-electron chi connectivity index (χ0n) is 10.6. The Bertz CT molecular complexity index is 742. The van der Waals surface area contributed by atoms with Gasteiger partial charge in [0.15, 0.2) is 0 Å². The zero-order chi connectivity index (χ0) is 14.8. The predicted octanol–water partition coefficient (Wildman–Crippen LogP) is 2.47. The Morgan fingerprint density at radius 1 is 1.05 bits per heavy atom. The minimum Gasteiger partial charge on any atom is -0.383 e. The van der Waals surface area contributed by atoms with Crippen molar-refractivity contribution in [1.29, 1.82) is 0 Å². The molecule has 0 atom stereocenters. The molecule has 20 heavy (non-hydrogen) atoms. The fourth-order valence-corrected chi connectivity index (χ4v) is 3.08. The van der Waals surface area contributed by atoms with Crippen molar-refractivity contribution < 1.29 is 13.3 Å². The molecule has 0 saturated heterocycles. The van der Waals surface area contributed by atoms with E-state index in [0.29, 0.717) is 0 Å². The quantitative estimate of drug-likeness (QED) is 0.690. The molecule has 2 aromatic rings. The van der Waals surface area contributed by atoms with Crippen molar-refractivity contribution >= 4 is 21.2 Å². The first-order valence-electron chi connectivity index (χ1n) is 5.73. The van der Waals surface area contributed by atoms with E-state index in [1.165, 1.54) is 31.3 Å². The van der Waals surface area contributed by atoms with E-state index in [0.717, 1.165) is 6.07 Å². The summed E-state index contributed by atoms with van der Waals surface area (Å²) in [5.74, 6) is 0. The largest absolute Gasteiger partial charge is 0.383 e. The van der Waals surface area contributed by atoms with Crippen LogP contribution in [0.5, 0.6) is 0 Å². The van der Waals surface area contributed by atoms with Gasteiger partial charge in [-0.2, -0.15) is 0 Å². The lowest BCUT2D eigenvalue weighted by Gasteiger charge is -2.07. The second-order valence-corrected chi connectivity index (χ2v) is 5.95. The average Bonchev–Trinajstić information content (AvgIpc) is 2.47. The molecule has 2 aromatic carbocycles. The summed E-state index contributed by atoms with van der Waals surface area (Å²) in [6, 6.07) is 11.6. The third-order valence-corrected chi connectivity index (χ3v) is 4.57. The third kappa shape index (κ3) is 2.48. The molecule has 0 aliphatic heterocycles. The number of hydrogen-bond acceptors (Lipinski definition) is 5. The highest BCUT2D eigenvalue weighted by Crippen LogP contribution is 2.29. The van der Waals surface area contributed by atoms with Crippen LogP contribution in [-0.2, 0) is 9.84 Å². The van der Waals surface area contributed by atoms with Gasteiger partial charge in [-0.25, -0.2) is 8.42 Å². The predicted molar refractivity (Wildman–Crippen MR) is 74.5 cm³/mol. The van der Waals surface area contributed by atoms with Gasteiger partial charge >= 0.3 is 0 Å². The molecule has 0 bridgehead atoms. The van der Waals surface area contributed by atoms with E-state index in [1.807, 2.05) is 0 Å². The Labute approximate surface area is 116 Å². The van der Waals surface area contributed by atoms with Gasteiger partial charge in [0.2, 0.25) is 9.84 Å². The molecule has 2 rings (SSSR count). The molecule has 104 valence electrons. The monoisotopic (exact) mass is 292 g/mol. The first kappa shape index (κ1) is 14.0. The van der Waals surface area contributed by atoms with Crippen LogP contribution in [0.25, 0.3) is 0 Å². The van der Waals surface area contributed by atoms with Crippen molar-refractivity contribution in [2.45, 2.75) is 9.79 Å². The van der Waals surface area contributed by atoms with Crippen LogP contribution < -0.4 is 5.32 Å². The summed E-state index contributed by atoms with van der Waals surface area (Å²) in [7, 11) is -2.22. The summed E-state index contributed by atoms with van der Waals surface area (Å²) in [5, 5.41) is 13.6. The lowest BCUT2D eigenvalue weighted by Crippen LogP contribution is -2.04. The minimum atomic E-state index is -3.75. The van der Waals surface area contributed by atoms with Gasteiger partial charge in [-0.05, 0) is 24.3 Å². The van der Waals surface area contributed by atoms with E-state index in [4.69, 9.17) is 0 Å². The van der Waals surface area contributed by atoms with Gasteiger partial charge in [-0.3, -0.25) is 10.1 Å². The van der Waals surface area contributed by atoms with Crippen molar-refractivity contribution in [3.63, 3.8) is 0 Å². The maximum absolute atomic E-state index is 12.4. The lowest BCUT2D eigenvalue weighted by atomic mass is 10.3. The summed E-state index contributed by atoms with van der Waals surface area (Å²) >= 11 is 0.